The van der Waals surface area contributed by atoms with Gasteiger partial charge in [0.05, 0.1) is 18.9 Å². The van der Waals surface area contributed by atoms with Gasteiger partial charge in [0.2, 0.25) is 5.91 Å². The van der Waals surface area contributed by atoms with E-state index >= 15 is 0 Å². The Labute approximate surface area is 121 Å². The van der Waals surface area contributed by atoms with Crippen LogP contribution in [0.4, 0.5) is 0 Å². The minimum absolute atomic E-state index is 0.0630. The number of carboxylic acid groups (broad SMARTS) is 1. The molecule has 6 nitrogen and oxygen atoms in total. The van der Waals surface area contributed by atoms with Gasteiger partial charge < -0.3 is 20.5 Å². The molecule has 4 N–H and O–H groups in total. The number of aryl methyl sites for hydroxylation is 1. The normalized spacial score (nSPS) is 12.3. The second-order valence-electron chi connectivity index (χ2n) is 5.04. The summed E-state index contributed by atoms with van der Waals surface area (Å²) in [4.78, 5) is 25.4. The number of carboxylic acids is 1. The number of para-hydroxylation sites is 1. The second kappa shape index (κ2) is 6.41. The molecule has 0 radical (unpaired) electrons. The van der Waals surface area contributed by atoms with E-state index < -0.39 is 12.1 Å². The molecule has 0 aliphatic carbocycles. The molecule has 0 aliphatic rings. The molecule has 0 saturated carbocycles. The summed E-state index contributed by atoms with van der Waals surface area (Å²) in [5.74, 6) is -1.34. The van der Waals surface area contributed by atoms with Crippen molar-refractivity contribution >= 4 is 22.8 Å². The lowest BCUT2D eigenvalue weighted by atomic mass is 10.1. The fourth-order valence-electron chi connectivity index (χ4n) is 2.25. The van der Waals surface area contributed by atoms with Crippen LogP contribution in [0.15, 0.2) is 24.4 Å². The molecule has 1 aromatic carbocycles. The molecule has 1 amide bonds. The minimum Gasteiger partial charge on any atom is -0.481 e. The summed E-state index contributed by atoms with van der Waals surface area (Å²) in [6, 6.07) is 5.87. The van der Waals surface area contributed by atoms with Gasteiger partial charge in [-0.1, -0.05) is 18.2 Å². The molecule has 112 valence electrons. The van der Waals surface area contributed by atoms with Crippen molar-refractivity contribution in [3.05, 3.63) is 35.5 Å². The molecule has 0 fully saturated rings. The highest BCUT2D eigenvalue weighted by Gasteiger charge is 2.13. The van der Waals surface area contributed by atoms with Gasteiger partial charge in [0, 0.05) is 23.6 Å². The highest BCUT2D eigenvalue weighted by Crippen LogP contribution is 2.21. The van der Waals surface area contributed by atoms with Crippen molar-refractivity contribution in [1.82, 2.24) is 10.3 Å². The molecular weight excluding hydrogens is 272 g/mol. The van der Waals surface area contributed by atoms with Crippen LogP contribution in [0.3, 0.4) is 0 Å². The van der Waals surface area contributed by atoms with E-state index in [1.54, 1.807) is 6.20 Å². The molecule has 2 aromatic rings. The fraction of sp³-hybridized carbons (Fsp3) is 0.333. The van der Waals surface area contributed by atoms with Crippen LogP contribution in [-0.4, -0.2) is 39.7 Å². The number of aliphatic hydroxyl groups is 1. The van der Waals surface area contributed by atoms with Gasteiger partial charge in [-0.3, -0.25) is 9.59 Å². The zero-order valence-corrected chi connectivity index (χ0v) is 11.7. The molecule has 1 unspecified atom stereocenters. The molecule has 1 heterocycles. The van der Waals surface area contributed by atoms with Gasteiger partial charge in [0.1, 0.15) is 0 Å². The maximum absolute atomic E-state index is 11.8. The summed E-state index contributed by atoms with van der Waals surface area (Å²) in [6.07, 6.45) is 0.525. The van der Waals surface area contributed by atoms with Gasteiger partial charge in [0.25, 0.3) is 0 Å². The molecule has 0 saturated heterocycles. The Kier molecular flexibility index (Phi) is 4.59. The molecule has 0 spiro atoms. The molecular formula is C15H18N2O4. The summed E-state index contributed by atoms with van der Waals surface area (Å²) in [5, 5.41) is 21.5. The Morgan fingerprint density at radius 2 is 2.14 bits per heavy atom. The molecule has 0 bridgehead atoms. The van der Waals surface area contributed by atoms with E-state index in [4.69, 9.17) is 5.11 Å². The van der Waals surface area contributed by atoms with Gasteiger partial charge in [-0.25, -0.2) is 0 Å². The Balaban J connectivity index is 1.96. The maximum Gasteiger partial charge on any atom is 0.306 e. The monoisotopic (exact) mass is 290 g/mol. The summed E-state index contributed by atoms with van der Waals surface area (Å²) in [6.45, 7) is 1.93. The first-order chi connectivity index (χ1) is 9.97. The average Bonchev–Trinajstić information content (AvgIpc) is 2.80. The van der Waals surface area contributed by atoms with Crippen LogP contribution in [0.2, 0.25) is 0 Å². The van der Waals surface area contributed by atoms with Crippen molar-refractivity contribution in [2.75, 3.05) is 6.54 Å². The predicted octanol–water partition coefficient (Wildman–Crippen LogP) is 0.971. The zero-order valence-electron chi connectivity index (χ0n) is 11.7. The van der Waals surface area contributed by atoms with Crippen LogP contribution < -0.4 is 5.32 Å². The lowest BCUT2D eigenvalue weighted by Crippen LogP contribution is -2.34. The number of aliphatic hydroxyl groups excluding tert-OH is 1. The molecule has 2 rings (SSSR count). The Morgan fingerprint density at radius 3 is 2.86 bits per heavy atom. The number of fused-ring (bicyclic) bond motifs is 1. The number of benzene rings is 1. The van der Waals surface area contributed by atoms with Crippen LogP contribution in [0.5, 0.6) is 0 Å². The van der Waals surface area contributed by atoms with Crippen molar-refractivity contribution in [3.8, 4) is 0 Å². The summed E-state index contributed by atoms with van der Waals surface area (Å²) < 4.78 is 0. The standard InChI is InChI=1S/C15H18N2O4/c1-9-3-2-4-12-10(7-17-15(9)12)5-13(19)16-8-11(18)6-14(20)21/h2-4,7,11,17-18H,5-6,8H2,1H3,(H,16,19)(H,20,21). The Morgan fingerprint density at radius 1 is 1.38 bits per heavy atom. The zero-order chi connectivity index (χ0) is 15.4. The van der Waals surface area contributed by atoms with Crippen molar-refractivity contribution in [2.45, 2.75) is 25.9 Å². The first-order valence-corrected chi connectivity index (χ1v) is 6.69. The van der Waals surface area contributed by atoms with E-state index in [2.05, 4.69) is 10.3 Å². The summed E-state index contributed by atoms with van der Waals surface area (Å²) >= 11 is 0. The number of carbonyl (C=O) groups excluding carboxylic acids is 1. The summed E-state index contributed by atoms with van der Waals surface area (Å²) in [7, 11) is 0. The van der Waals surface area contributed by atoms with Crippen molar-refractivity contribution in [1.29, 1.82) is 0 Å². The predicted molar refractivity (Wildman–Crippen MR) is 78.0 cm³/mol. The molecule has 1 aromatic heterocycles. The highest BCUT2D eigenvalue weighted by atomic mass is 16.4. The summed E-state index contributed by atoms with van der Waals surface area (Å²) in [5.41, 5.74) is 2.99. The molecule has 6 heteroatoms. The number of H-pyrrole nitrogens is 1. The average molecular weight is 290 g/mol. The van der Waals surface area contributed by atoms with E-state index in [1.807, 2.05) is 25.1 Å². The largest absolute Gasteiger partial charge is 0.481 e. The van der Waals surface area contributed by atoms with Crippen LogP contribution in [-0.2, 0) is 16.0 Å². The SMILES string of the molecule is Cc1cccc2c(CC(=O)NCC(O)CC(=O)O)c[nH]c12. The lowest BCUT2D eigenvalue weighted by molar-refractivity contribution is -0.139. The van der Waals surface area contributed by atoms with E-state index in [9.17, 15) is 14.7 Å². The number of rotatable bonds is 6. The van der Waals surface area contributed by atoms with Gasteiger partial charge in [-0.2, -0.15) is 0 Å². The first kappa shape index (κ1) is 15.1. The van der Waals surface area contributed by atoms with Crippen molar-refractivity contribution < 1.29 is 19.8 Å². The Bertz CT molecular complexity index is 663. The number of aromatic amines is 1. The minimum atomic E-state index is -1.09. The highest BCUT2D eigenvalue weighted by molar-refractivity contribution is 5.90. The van der Waals surface area contributed by atoms with Gasteiger partial charge in [0.15, 0.2) is 0 Å². The van der Waals surface area contributed by atoms with Gasteiger partial charge in [-0.05, 0) is 18.1 Å². The second-order valence-corrected chi connectivity index (χ2v) is 5.04. The topological polar surface area (TPSA) is 102 Å². The van der Waals surface area contributed by atoms with E-state index in [0.717, 1.165) is 22.0 Å². The van der Waals surface area contributed by atoms with Crippen LogP contribution >= 0.6 is 0 Å². The van der Waals surface area contributed by atoms with Gasteiger partial charge >= 0.3 is 5.97 Å². The number of hydrogen-bond donors (Lipinski definition) is 4. The number of hydrogen-bond acceptors (Lipinski definition) is 3. The molecule has 1 atom stereocenters. The van der Waals surface area contributed by atoms with Crippen LogP contribution in [0.1, 0.15) is 17.5 Å². The van der Waals surface area contributed by atoms with Crippen molar-refractivity contribution in [2.24, 2.45) is 0 Å². The number of amides is 1. The van der Waals surface area contributed by atoms with E-state index in [-0.39, 0.29) is 25.3 Å². The number of aromatic nitrogens is 1. The van der Waals surface area contributed by atoms with Crippen LogP contribution in [0, 0.1) is 6.92 Å². The fourth-order valence-corrected chi connectivity index (χ4v) is 2.25. The van der Waals surface area contributed by atoms with E-state index in [0.29, 0.717) is 0 Å². The van der Waals surface area contributed by atoms with Crippen molar-refractivity contribution in [3.63, 3.8) is 0 Å². The third kappa shape index (κ3) is 3.82. The number of carbonyl (C=O) groups is 2. The lowest BCUT2D eigenvalue weighted by Gasteiger charge is -2.09. The quantitative estimate of drug-likeness (QED) is 0.636. The number of aliphatic carboxylic acids is 1. The smallest absolute Gasteiger partial charge is 0.306 e. The maximum atomic E-state index is 11.8. The third-order valence-corrected chi connectivity index (χ3v) is 3.31. The number of nitrogens with one attached hydrogen (secondary N) is 2. The van der Waals surface area contributed by atoms with E-state index in [1.165, 1.54) is 0 Å². The first-order valence-electron chi connectivity index (χ1n) is 6.69. The van der Waals surface area contributed by atoms with Gasteiger partial charge in [-0.15, -0.1) is 0 Å². The Hall–Kier alpha value is -2.34. The molecule has 0 aliphatic heterocycles. The van der Waals surface area contributed by atoms with Crippen LogP contribution in [0.25, 0.3) is 10.9 Å². The third-order valence-electron chi connectivity index (χ3n) is 3.31. The molecule has 21 heavy (non-hydrogen) atoms.